The van der Waals surface area contributed by atoms with Gasteiger partial charge in [0.15, 0.2) is 0 Å². The van der Waals surface area contributed by atoms with Crippen LogP contribution >= 0.6 is 15.9 Å². The van der Waals surface area contributed by atoms with E-state index in [-0.39, 0.29) is 12.3 Å². The van der Waals surface area contributed by atoms with Gasteiger partial charge >= 0.3 is 0 Å². The molecular formula is C12H16BrNO3. The summed E-state index contributed by atoms with van der Waals surface area (Å²) in [5, 5.41) is 11.1. The Kier molecular flexibility index (Phi) is 5.11. The van der Waals surface area contributed by atoms with Crippen LogP contribution in [0.3, 0.4) is 0 Å². The van der Waals surface area contributed by atoms with Crippen molar-refractivity contribution in [1.29, 1.82) is 0 Å². The molecule has 0 bridgehead atoms. The minimum atomic E-state index is -0.812. The molecule has 17 heavy (non-hydrogen) atoms. The van der Waals surface area contributed by atoms with Crippen LogP contribution in [-0.2, 0) is 9.63 Å². The zero-order chi connectivity index (χ0) is 13.0. The number of carbonyl (C=O) groups is 1. The third-order valence-electron chi connectivity index (χ3n) is 2.58. The first kappa shape index (κ1) is 14.2. The number of hydrogen-bond donors (Lipinski definition) is 1. The molecule has 0 fully saturated rings. The van der Waals surface area contributed by atoms with Crippen molar-refractivity contribution in [3.8, 4) is 0 Å². The topological polar surface area (TPSA) is 49.8 Å². The Balaban J connectivity index is 2.76. The van der Waals surface area contributed by atoms with Gasteiger partial charge in [0.1, 0.15) is 0 Å². The van der Waals surface area contributed by atoms with Crippen LogP contribution in [0.1, 0.15) is 23.7 Å². The Morgan fingerprint density at radius 3 is 2.76 bits per heavy atom. The predicted molar refractivity (Wildman–Crippen MR) is 68.2 cm³/mol. The first-order chi connectivity index (χ1) is 7.95. The second-order valence-corrected chi connectivity index (χ2v) is 4.71. The summed E-state index contributed by atoms with van der Waals surface area (Å²) in [6.45, 7) is 1.90. The number of nitrogens with zero attached hydrogens (tertiary/aromatic N) is 1. The van der Waals surface area contributed by atoms with Crippen LogP contribution in [0.15, 0.2) is 22.7 Å². The van der Waals surface area contributed by atoms with Gasteiger partial charge in [-0.1, -0.05) is 22.0 Å². The molecule has 1 unspecified atom stereocenters. The molecule has 0 aliphatic rings. The zero-order valence-electron chi connectivity index (χ0n) is 10.1. The fourth-order valence-corrected chi connectivity index (χ4v) is 1.99. The standard InChI is InChI=1S/C12H16BrNO3/c1-8-6-9(13)4-5-10(8)11(15)7-12(16)14(2)17-3/h4-6,11,15H,7H2,1-3H3. The van der Waals surface area contributed by atoms with Crippen molar-refractivity contribution in [3.63, 3.8) is 0 Å². The molecular weight excluding hydrogens is 286 g/mol. The van der Waals surface area contributed by atoms with Crippen LogP contribution in [0.4, 0.5) is 0 Å². The number of aliphatic hydroxyl groups is 1. The lowest BCUT2D eigenvalue weighted by atomic mass is 10.0. The average molecular weight is 302 g/mol. The molecule has 1 atom stereocenters. The lowest BCUT2D eigenvalue weighted by Crippen LogP contribution is -2.27. The minimum Gasteiger partial charge on any atom is -0.388 e. The highest BCUT2D eigenvalue weighted by molar-refractivity contribution is 9.10. The molecule has 1 N–H and O–H groups in total. The fraction of sp³-hybridized carbons (Fsp3) is 0.417. The molecule has 0 aliphatic carbocycles. The van der Waals surface area contributed by atoms with Crippen LogP contribution in [0, 0.1) is 6.92 Å². The van der Waals surface area contributed by atoms with E-state index in [0.717, 1.165) is 20.7 Å². The summed E-state index contributed by atoms with van der Waals surface area (Å²) in [5.74, 6) is -0.262. The van der Waals surface area contributed by atoms with Gasteiger partial charge in [0.05, 0.1) is 19.6 Å². The number of rotatable bonds is 4. The van der Waals surface area contributed by atoms with E-state index >= 15 is 0 Å². The quantitative estimate of drug-likeness (QED) is 0.868. The lowest BCUT2D eigenvalue weighted by molar-refractivity contribution is -0.170. The molecule has 0 spiro atoms. The molecule has 1 amide bonds. The number of aliphatic hydroxyl groups excluding tert-OH is 1. The summed E-state index contributed by atoms with van der Waals surface area (Å²) >= 11 is 3.35. The molecule has 1 aromatic carbocycles. The molecule has 0 radical (unpaired) electrons. The number of hydrogen-bond acceptors (Lipinski definition) is 3. The number of hydroxylamine groups is 2. The Labute approximate surface area is 109 Å². The van der Waals surface area contributed by atoms with E-state index in [9.17, 15) is 9.90 Å². The van der Waals surface area contributed by atoms with Crippen molar-refractivity contribution < 1.29 is 14.7 Å². The number of aryl methyl sites for hydroxylation is 1. The van der Waals surface area contributed by atoms with Gasteiger partial charge < -0.3 is 5.11 Å². The number of benzene rings is 1. The van der Waals surface area contributed by atoms with Gasteiger partial charge in [-0.15, -0.1) is 0 Å². The highest BCUT2D eigenvalue weighted by atomic mass is 79.9. The van der Waals surface area contributed by atoms with E-state index in [1.54, 1.807) is 0 Å². The molecule has 0 aromatic heterocycles. The van der Waals surface area contributed by atoms with Crippen molar-refractivity contribution >= 4 is 21.8 Å². The summed E-state index contributed by atoms with van der Waals surface area (Å²) in [6.07, 6.45) is -0.805. The van der Waals surface area contributed by atoms with Crippen LogP contribution in [0.2, 0.25) is 0 Å². The molecule has 5 heteroatoms. The third kappa shape index (κ3) is 3.80. The van der Waals surface area contributed by atoms with Gasteiger partial charge in [0.25, 0.3) is 0 Å². The van der Waals surface area contributed by atoms with Crippen molar-refractivity contribution in [2.75, 3.05) is 14.2 Å². The second-order valence-electron chi connectivity index (χ2n) is 3.79. The van der Waals surface area contributed by atoms with E-state index in [4.69, 9.17) is 4.84 Å². The average Bonchev–Trinajstić information content (AvgIpc) is 2.27. The number of halogens is 1. The van der Waals surface area contributed by atoms with Gasteiger partial charge in [-0.3, -0.25) is 9.63 Å². The summed E-state index contributed by atoms with van der Waals surface area (Å²) in [4.78, 5) is 16.3. The van der Waals surface area contributed by atoms with Crippen molar-refractivity contribution in [1.82, 2.24) is 5.06 Å². The fourth-order valence-electron chi connectivity index (χ4n) is 1.52. The first-order valence-electron chi connectivity index (χ1n) is 5.20. The van der Waals surface area contributed by atoms with Crippen LogP contribution in [0.25, 0.3) is 0 Å². The summed E-state index contributed by atoms with van der Waals surface area (Å²) in [7, 11) is 2.93. The molecule has 0 heterocycles. The van der Waals surface area contributed by atoms with Crippen molar-refractivity contribution in [3.05, 3.63) is 33.8 Å². The highest BCUT2D eigenvalue weighted by Crippen LogP contribution is 2.24. The molecule has 4 nitrogen and oxygen atoms in total. The SMILES string of the molecule is CON(C)C(=O)CC(O)c1ccc(Br)cc1C. The molecule has 0 saturated carbocycles. The normalized spacial score (nSPS) is 12.3. The number of carbonyl (C=O) groups excluding carboxylic acids is 1. The predicted octanol–water partition coefficient (Wildman–Crippen LogP) is 2.20. The maximum atomic E-state index is 11.6. The highest BCUT2D eigenvalue weighted by Gasteiger charge is 2.17. The Morgan fingerprint density at radius 1 is 1.59 bits per heavy atom. The largest absolute Gasteiger partial charge is 0.388 e. The van der Waals surface area contributed by atoms with Crippen LogP contribution in [-0.4, -0.2) is 30.2 Å². The smallest absolute Gasteiger partial charge is 0.248 e. The summed E-state index contributed by atoms with van der Waals surface area (Å²) in [6, 6.07) is 5.56. The Bertz CT molecular complexity index is 409. The minimum absolute atomic E-state index is 0.00676. The first-order valence-corrected chi connectivity index (χ1v) is 5.99. The van der Waals surface area contributed by atoms with Gasteiger partial charge in [0.2, 0.25) is 5.91 Å². The van der Waals surface area contributed by atoms with E-state index < -0.39 is 6.10 Å². The number of amides is 1. The molecule has 94 valence electrons. The van der Waals surface area contributed by atoms with E-state index in [1.165, 1.54) is 14.2 Å². The molecule has 1 aromatic rings. The van der Waals surface area contributed by atoms with Gasteiger partial charge in [-0.2, -0.15) is 0 Å². The maximum Gasteiger partial charge on any atom is 0.248 e. The van der Waals surface area contributed by atoms with Crippen molar-refractivity contribution in [2.24, 2.45) is 0 Å². The Morgan fingerprint density at radius 2 is 2.24 bits per heavy atom. The summed E-state index contributed by atoms with van der Waals surface area (Å²) in [5.41, 5.74) is 1.70. The zero-order valence-corrected chi connectivity index (χ0v) is 11.7. The molecule has 0 aliphatic heterocycles. The van der Waals surface area contributed by atoms with Crippen LogP contribution in [0.5, 0.6) is 0 Å². The van der Waals surface area contributed by atoms with E-state index in [2.05, 4.69) is 15.9 Å². The maximum absolute atomic E-state index is 11.6. The van der Waals surface area contributed by atoms with E-state index in [0.29, 0.717) is 0 Å². The van der Waals surface area contributed by atoms with Crippen LogP contribution < -0.4 is 0 Å². The molecule has 1 rings (SSSR count). The Hall–Kier alpha value is -0.910. The second kappa shape index (κ2) is 6.14. The van der Waals surface area contributed by atoms with E-state index in [1.807, 2.05) is 25.1 Å². The van der Waals surface area contributed by atoms with Gasteiger partial charge in [-0.05, 0) is 30.2 Å². The van der Waals surface area contributed by atoms with Gasteiger partial charge in [0, 0.05) is 11.5 Å². The van der Waals surface area contributed by atoms with Gasteiger partial charge in [-0.25, -0.2) is 5.06 Å². The third-order valence-corrected chi connectivity index (χ3v) is 3.08. The monoisotopic (exact) mass is 301 g/mol. The molecule has 0 saturated heterocycles. The lowest BCUT2D eigenvalue weighted by Gasteiger charge is -2.17. The summed E-state index contributed by atoms with van der Waals surface area (Å²) < 4.78 is 0.950. The van der Waals surface area contributed by atoms with Crippen molar-refractivity contribution in [2.45, 2.75) is 19.4 Å².